The molecule has 0 bridgehead atoms. The van der Waals surface area contributed by atoms with Gasteiger partial charge < -0.3 is 10.1 Å². The molecule has 0 radical (unpaired) electrons. The van der Waals surface area contributed by atoms with E-state index in [1.54, 1.807) is 12.1 Å². The van der Waals surface area contributed by atoms with Gasteiger partial charge in [-0.15, -0.1) is 0 Å². The minimum absolute atomic E-state index is 0.125. The number of carbonyl (C=O) groups is 1. The fourth-order valence-corrected chi connectivity index (χ4v) is 1.28. The maximum Gasteiger partial charge on any atom is 0.407 e. The normalized spacial score (nSPS) is 10.1. The number of rotatable bonds is 3. The Kier molecular flexibility index (Phi) is 3.52. The smallest absolute Gasteiger partial charge is 0.407 e. The molecular formula is C11H11FN4O2. The molecule has 2 aromatic rings. The van der Waals surface area contributed by atoms with Crippen LogP contribution < -0.4 is 5.32 Å². The van der Waals surface area contributed by atoms with Crippen LogP contribution in [0.25, 0.3) is 5.82 Å². The van der Waals surface area contributed by atoms with Crippen molar-refractivity contribution in [3.63, 3.8) is 0 Å². The number of aromatic nitrogens is 3. The highest BCUT2D eigenvalue weighted by atomic mass is 19.1. The first kappa shape index (κ1) is 12.0. The van der Waals surface area contributed by atoms with Crippen LogP contribution in [0.2, 0.25) is 0 Å². The molecule has 2 aromatic heterocycles. The van der Waals surface area contributed by atoms with Gasteiger partial charge in [0.1, 0.15) is 6.61 Å². The lowest BCUT2D eigenvalue weighted by Gasteiger charge is -2.04. The highest BCUT2D eigenvalue weighted by molar-refractivity contribution is 5.66. The van der Waals surface area contributed by atoms with Gasteiger partial charge in [-0.3, -0.25) is 0 Å². The molecule has 18 heavy (non-hydrogen) atoms. The number of nitrogens with zero attached hydrogens (tertiary/aromatic N) is 3. The highest BCUT2D eigenvalue weighted by Gasteiger charge is 2.03. The molecule has 0 atom stereocenters. The Balaban J connectivity index is 2.03. The minimum atomic E-state index is -0.506. The molecule has 1 N–H and O–H groups in total. The molecule has 0 saturated carbocycles. The average molecular weight is 250 g/mol. The Bertz CT molecular complexity index is 538. The molecule has 0 aliphatic rings. The lowest BCUT2D eigenvalue weighted by molar-refractivity contribution is 0.142. The molecule has 7 heteroatoms. The van der Waals surface area contributed by atoms with Crippen molar-refractivity contribution in [2.45, 2.75) is 6.61 Å². The fourth-order valence-electron chi connectivity index (χ4n) is 1.28. The zero-order chi connectivity index (χ0) is 13.0. The summed E-state index contributed by atoms with van der Waals surface area (Å²) >= 11 is 0. The number of hydrogen-bond acceptors (Lipinski definition) is 4. The highest BCUT2D eigenvalue weighted by Crippen LogP contribution is 2.07. The van der Waals surface area contributed by atoms with Crippen LogP contribution in [0.5, 0.6) is 0 Å². The maximum atomic E-state index is 12.8. The van der Waals surface area contributed by atoms with Crippen molar-refractivity contribution >= 4 is 6.09 Å². The summed E-state index contributed by atoms with van der Waals surface area (Å²) in [6.07, 6.45) is 3.36. The Labute approximate surface area is 102 Å². The van der Waals surface area contributed by atoms with E-state index < -0.39 is 11.9 Å². The van der Waals surface area contributed by atoms with Crippen molar-refractivity contribution in [3.8, 4) is 5.82 Å². The second-order valence-corrected chi connectivity index (χ2v) is 3.45. The summed E-state index contributed by atoms with van der Waals surface area (Å²) < 4.78 is 18.9. The van der Waals surface area contributed by atoms with E-state index in [-0.39, 0.29) is 6.61 Å². The van der Waals surface area contributed by atoms with Crippen molar-refractivity contribution in [2.75, 3.05) is 7.05 Å². The van der Waals surface area contributed by atoms with E-state index in [9.17, 15) is 9.18 Å². The molecule has 0 aromatic carbocycles. The van der Waals surface area contributed by atoms with Crippen molar-refractivity contribution in [1.82, 2.24) is 20.1 Å². The Hall–Kier alpha value is -2.44. The molecule has 2 heterocycles. The first-order valence-electron chi connectivity index (χ1n) is 5.19. The molecule has 0 spiro atoms. The van der Waals surface area contributed by atoms with E-state index in [1.807, 2.05) is 0 Å². The summed E-state index contributed by atoms with van der Waals surface area (Å²) in [5.41, 5.74) is 0.731. The number of hydrogen-bond donors (Lipinski definition) is 1. The SMILES string of the molecule is CNC(=O)OCc1ccc(-n2cc(F)cn2)nc1. The lowest BCUT2D eigenvalue weighted by Crippen LogP contribution is -2.18. The first-order valence-corrected chi connectivity index (χ1v) is 5.19. The molecule has 0 saturated heterocycles. The van der Waals surface area contributed by atoms with Crippen molar-refractivity contribution in [1.29, 1.82) is 0 Å². The minimum Gasteiger partial charge on any atom is -0.445 e. The molecule has 0 fully saturated rings. The summed E-state index contributed by atoms with van der Waals surface area (Å²) in [7, 11) is 1.48. The van der Waals surface area contributed by atoms with E-state index in [4.69, 9.17) is 4.74 Å². The van der Waals surface area contributed by atoms with Gasteiger partial charge in [0.25, 0.3) is 0 Å². The van der Waals surface area contributed by atoms with Crippen LogP contribution in [-0.2, 0) is 11.3 Å². The van der Waals surface area contributed by atoms with Crippen LogP contribution in [0.15, 0.2) is 30.7 Å². The largest absolute Gasteiger partial charge is 0.445 e. The molecule has 1 amide bonds. The third kappa shape index (κ3) is 2.82. The van der Waals surface area contributed by atoms with Crippen molar-refractivity contribution in [3.05, 3.63) is 42.1 Å². The quantitative estimate of drug-likeness (QED) is 0.890. The van der Waals surface area contributed by atoms with Crippen LogP contribution in [-0.4, -0.2) is 27.9 Å². The number of carbonyl (C=O) groups excluding carboxylic acids is 1. The number of halogens is 1. The average Bonchev–Trinajstić information content (AvgIpc) is 2.83. The number of nitrogens with one attached hydrogen (secondary N) is 1. The number of amides is 1. The standard InChI is InChI=1S/C11H11FN4O2/c1-13-11(17)18-7-8-2-3-10(14-4-8)16-6-9(12)5-15-16/h2-6H,7H2,1H3,(H,13,17). The second-order valence-electron chi connectivity index (χ2n) is 3.45. The third-order valence-electron chi connectivity index (χ3n) is 2.17. The molecule has 0 unspecified atom stereocenters. The predicted octanol–water partition coefficient (Wildman–Crippen LogP) is 1.26. The van der Waals surface area contributed by atoms with Gasteiger partial charge in [-0.05, 0) is 6.07 Å². The number of pyridine rings is 1. The van der Waals surface area contributed by atoms with Gasteiger partial charge in [0, 0.05) is 18.8 Å². The molecule has 6 nitrogen and oxygen atoms in total. The van der Waals surface area contributed by atoms with E-state index in [0.717, 1.165) is 11.8 Å². The summed E-state index contributed by atoms with van der Waals surface area (Å²) in [6.45, 7) is 0.125. The summed E-state index contributed by atoms with van der Waals surface area (Å²) in [6, 6.07) is 3.39. The predicted molar refractivity (Wildman–Crippen MR) is 60.6 cm³/mol. The van der Waals surface area contributed by atoms with Crippen LogP contribution in [0.3, 0.4) is 0 Å². The van der Waals surface area contributed by atoms with Gasteiger partial charge in [0.05, 0.1) is 12.4 Å². The fraction of sp³-hybridized carbons (Fsp3) is 0.182. The van der Waals surface area contributed by atoms with Gasteiger partial charge >= 0.3 is 6.09 Å². The summed E-state index contributed by atoms with van der Waals surface area (Å²) in [4.78, 5) is 15.0. The van der Waals surface area contributed by atoms with Gasteiger partial charge in [0.2, 0.25) is 0 Å². The van der Waals surface area contributed by atoms with Gasteiger partial charge in [-0.1, -0.05) is 6.07 Å². The van der Waals surface area contributed by atoms with E-state index in [1.165, 1.54) is 24.1 Å². The summed E-state index contributed by atoms with van der Waals surface area (Å²) in [5, 5.41) is 6.12. The molecular weight excluding hydrogens is 239 g/mol. The van der Waals surface area contributed by atoms with Crippen LogP contribution in [0.1, 0.15) is 5.56 Å². The number of alkyl carbamates (subject to hydrolysis) is 1. The van der Waals surface area contributed by atoms with E-state index in [0.29, 0.717) is 5.82 Å². The van der Waals surface area contributed by atoms with E-state index >= 15 is 0 Å². The van der Waals surface area contributed by atoms with Gasteiger partial charge in [-0.25, -0.2) is 18.9 Å². The zero-order valence-corrected chi connectivity index (χ0v) is 9.63. The summed E-state index contributed by atoms with van der Waals surface area (Å²) in [5.74, 6) is 0.0615. The van der Waals surface area contributed by atoms with Crippen molar-refractivity contribution < 1.29 is 13.9 Å². The molecule has 0 aliphatic carbocycles. The van der Waals surface area contributed by atoms with Crippen LogP contribution in [0, 0.1) is 5.82 Å². The Morgan fingerprint density at radius 1 is 1.50 bits per heavy atom. The van der Waals surface area contributed by atoms with Crippen LogP contribution in [0.4, 0.5) is 9.18 Å². The maximum absolute atomic E-state index is 12.8. The zero-order valence-electron chi connectivity index (χ0n) is 9.63. The van der Waals surface area contributed by atoms with Crippen molar-refractivity contribution in [2.24, 2.45) is 0 Å². The van der Waals surface area contributed by atoms with Crippen LogP contribution >= 0.6 is 0 Å². The second kappa shape index (κ2) is 5.26. The molecule has 2 rings (SSSR count). The topological polar surface area (TPSA) is 69.0 Å². The monoisotopic (exact) mass is 250 g/mol. The van der Waals surface area contributed by atoms with Gasteiger partial charge in [-0.2, -0.15) is 5.10 Å². The molecule has 0 aliphatic heterocycles. The lowest BCUT2D eigenvalue weighted by atomic mass is 10.3. The first-order chi connectivity index (χ1) is 8.69. The van der Waals surface area contributed by atoms with E-state index in [2.05, 4.69) is 15.4 Å². The Morgan fingerprint density at radius 2 is 2.33 bits per heavy atom. The third-order valence-corrected chi connectivity index (χ3v) is 2.17. The number of ether oxygens (including phenoxy) is 1. The van der Waals surface area contributed by atoms with Gasteiger partial charge in [0.15, 0.2) is 11.6 Å². The molecule has 94 valence electrons. The Morgan fingerprint density at radius 3 is 2.89 bits per heavy atom.